The molecule has 3 aromatic rings. The Balaban J connectivity index is 1.86. The number of benzene rings is 2. The van der Waals surface area contributed by atoms with E-state index in [4.69, 9.17) is 9.15 Å². The van der Waals surface area contributed by atoms with Crippen molar-refractivity contribution in [1.29, 1.82) is 0 Å². The lowest BCUT2D eigenvalue weighted by Crippen LogP contribution is -2.37. The molecular formula is C24H25FN2O4. The Morgan fingerprint density at radius 1 is 1.10 bits per heavy atom. The minimum Gasteiger partial charge on any atom is -0.497 e. The van der Waals surface area contributed by atoms with Gasteiger partial charge in [0.15, 0.2) is 5.43 Å². The predicted octanol–water partition coefficient (Wildman–Crippen LogP) is 3.83. The van der Waals surface area contributed by atoms with E-state index >= 15 is 0 Å². The topological polar surface area (TPSA) is 63.0 Å². The van der Waals surface area contributed by atoms with Crippen LogP contribution in [0.4, 0.5) is 4.39 Å². The van der Waals surface area contributed by atoms with E-state index in [1.165, 1.54) is 19.2 Å². The van der Waals surface area contributed by atoms with E-state index in [2.05, 4.69) is 18.7 Å². The van der Waals surface area contributed by atoms with Crippen molar-refractivity contribution in [3.63, 3.8) is 0 Å². The second-order valence-corrected chi connectivity index (χ2v) is 7.52. The molecule has 0 saturated carbocycles. The number of hydrogen-bond donors (Lipinski definition) is 0. The quantitative estimate of drug-likeness (QED) is 0.577. The van der Waals surface area contributed by atoms with Crippen LogP contribution in [-0.4, -0.2) is 49.0 Å². The summed E-state index contributed by atoms with van der Waals surface area (Å²) in [5, 5.41) is 0.380. The summed E-state index contributed by atoms with van der Waals surface area (Å²) < 4.78 is 24.7. The van der Waals surface area contributed by atoms with E-state index in [0.717, 1.165) is 13.1 Å². The van der Waals surface area contributed by atoms with E-state index in [-0.39, 0.29) is 22.9 Å². The number of carbonyl (C=O) groups is 1. The van der Waals surface area contributed by atoms with Gasteiger partial charge in [0.2, 0.25) is 5.76 Å². The van der Waals surface area contributed by atoms with Crippen LogP contribution in [0.5, 0.6) is 5.75 Å². The minimum atomic E-state index is -0.624. The Bertz CT molecular complexity index is 1170. The standard InChI is InChI=1S/C24H25FN2O4/c1-4-26(5-2)12-13-27-21(15-6-8-16(25)9-7-15)20-22(28)18-11-10-17(30-3)14-19(18)31-23(20)24(27)29/h6-11,14,21H,4-5,12-13H2,1-3H3. The van der Waals surface area contributed by atoms with Gasteiger partial charge in [0.25, 0.3) is 5.91 Å². The van der Waals surface area contributed by atoms with E-state index in [9.17, 15) is 14.0 Å². The van der Waals surface area contributed by atoms with Crippen LogP contribution in [-0.2, 0) is 0 Å². The van der Waals surface area contributed by atoms with Crippen molar-refractivity contribution in [3.8, 4) is 5.75 Å². The zero-order chi connectivity index (χ0) is 22.1. The Hall–Kier alpha value is -3.19. The maximum Gasteiger partial charge on any atom is 0.290 e. The molecule has 0 N–H and O–H groups in total. The normalized spacial score (nSPS) is 15.7. The zero-order valence-electron chi connectivity index (χ0n) is 17.9. The molecule has 0 spiro atoms. The van der Waals surface area contributed by atoms with Crippen LogP contribution in [0.25, 0.3) is 11.0 Å². The predicted molar refractivity (Wildman–Crippen MR) is 116 cm³/mol. The number of ether oxygens (including phenoxy) is 1. The number of fused-ring (bicyclic) bond motifs is 2. The summed E-state index contributed by atoms with van der Waals surface area (Å²) in [4.78, 5) is 30.7. The molecule has 4 rings (SSSR count). The Morgan fingerprint density at radius 3 is 2.45 bits per heavy atom. The first-order valence-corrected chi connectivity index (χ1v) is 10.4. The average Bonchev–Trinajstić information content (AvgIpc) is 3.06. The lowest BCUT2D eigenvalue weighted by atomic mass is 9.98. The zero-order valence-corrected chi connectivity index (χ0v) is 17.9. The Kier molecular flexibility index (Phi) is 5.78. The van der Waals surface area contributed by atoms with Crippen LogP contribution < -0.4 is 10.2 Å². The van der Waals surface area contributed by atoms with Gasteiger partial charge in [0.05, 0.1) is 24.1 Å². The van der Waals surface area contributed by atoms with Gasteiger partial charge in [0.1, 0.15) is 17.1 Å². The SMILES string of the molecule is CCN(CC)CCN1C(=O)c2oc3cc(OC)ccc3c(=O)c2C1c1ccc(F)cc1. The highest BCUT2D eigenvalue weighted by atomic mass is 19.1. The second kappa shape index (κ2) is 8.51. The fraction of sp³-hybridized carbons (Fsp3) is 0.333. The van der Waals surface area contributed by atoms with Crippen LogP contribution in [0, 0.1) is 5.82 Å². The summed E-state index contributed by atoms with van der Waals surface area (Å²) in [5.41, 5.74) is 1.02. The summed E-state index contributed by atoms with van der Waals surface area (Å²) in [7, 11) is 1.53. The van der Waals surface area contributed by atoms with E-state index in [1.54, 1.807) is 35.2 Å². The molecule has 1 aromatic heterocycles. The highest BCUT2D eigenvalue weighted by molar-refractivity contribution is 5.99. The molecule has 0 bridgehead atoms. The van der Waals surface area contributed by atoms with Crippen LogP contribution in [0.3, 0.4) is 0 Å². The molecule has 0 radical (unpaired) electrons. The van der Waals surface area contributed by atoms with Gasteiger partial charge < -0.3 is 19.0 Å². The first-order chi connectivity index (χ1) is 15.0. The third-order valence-electron chi connectivity index (χ3n) is 5.91. The van der Waals surface area contributed by atoms with Gasteiger partial charge in [0, 0.05) is 19.2 Å². The lowest BCUT2D eigenvalue weighted by Gasteiger charge is -2.28. The molecule has 1 amide bonds. The van der Waals surface area contributed by atoms with Gasteiger partial charge >= 0.3 is 0 Å². The molecule has 1 unspecified atom stereocenters. The summed E-state index contributed by atoms with van der Waals surface area (Å²) in [6.45, 7) is 6.92. The number of halogens is 1. The summed E-state index contributed by atoms with van der Waals surface area (Å²) in [6, 6.07) is 10.2. The highest BCUT2D eigenvalue weighted by Gasteiger charge is 2.42. The molecule has 1 aliphatic rings. The number of rotatable bonds is 7. The third-order valence-corrected chi connectivity index (χ3v) is 5.91. The second-order valence-electron chi connectivity index (χ2n) is 7.52. The molecule has 0 saturated heterocycles. The van der Waals surface area contributed by atoms with Crippen molar-refractivity contribution in [2.75, 3.05) is 33.3 Å². The molecular weight excluding hydrogens is 399 g/mol. The first kappa shape index (κ1) is 21.1. The summed E-state index contributed by atoms with van der Waals surface area (Å²) >= 11 is 0. The average molecular weight is 424 g/mol. The molecule has 0 fully saturated rings. The summed E-state index contributed by atoms with van der Waals surface area (Å²) in [5.74, 6) is -0.131. The number of hydrogen-bond acceptors (Lipinski definition) is 5. The Morgan fingerprint density at radius 2 is 1.81 bits per heavy atom. The molecule has 1 atom stereocenters. The van der Waals surface area contributed by atoms with Crippen molar-refractivity contribution in [3.05, 3.63) is 75.4 Å². The van der Waals surface area contributed by atoms with Crippen molar-refractivity contribution in [2.45, 2.75) is 19.9 Å². The molecule has 6 nitrogen and oxygen atoms in total. The minimum absolute atomic E-state index is 0.0413. The number of carbonyl (C=O) groups excluding carboxylic acids is 1. The molecule has 31 heavy (non-hydrogen) atoms. The number of methoxy groups -OCH3 is 1. The smallest absolute Gasteiger partial charge is 0.290 e. The van der Waals surface area contributed by atoms with Gasteiger partial charge in [-0.25, -0.2) is 4.39 Å². The van der Waals surface area contributed by atoms with Crippen LogP contribution in [0.15, 0.2) is 51.7 Å². The van der Waals surface area contributed by atoms with Crippen LogP contribution in [0.1, 0.15) is 41.6 Å². The van der Waals surface area contributed by atoms with Gasteiger partial charge in [-0.3, -0.25) is 9.59 Å². The number of amides is 1. The van der Waals surface area contributed by atoms with Crippen molar-refractivity contribution >= 4 is 16.9 Å². The van der Waals surface area contributed by atoms with Crippen molar-refractivity contribution in [1.82, 2.24) is 9.80 Å². The molecule has 1 aliphatic heterocycles. The molecule has 7 heteroatoms. The maximum atomic E-state index is 13.6. The largest absolute Gasteiger partial charge is 0.497 e. The van der Waals surface area contributed by atoms with Crippen molar-refractivity contribution in [2.24, 2.45) is 0 Å². The van der Waals surface area contributed by atoms with E-state index in [1.807, 2.05) is 0 Å². The molecule has 162 valence electrons. The Labute approximate surface area is 179 Å². The number of likely N-dealkylation sites (N-methyl/N-ethyl adjacent to an activating group) is 1. The van der Waals surface area contributed by atoms with Gasteiger partial charge in [-0.15, -0.1) is 0 Å². The van der Waals surface area contributed by atoms with Gasteiger partial charge in [-0.2, -0.15) is 0 Å². The van der Waals surface area contributed by atoms with Crippen LogP contribution >= 0.6 is 0 Å². The van der Waals surface area contributed by atoms with Gasteiger partial charge in [-0.1, -0.05) is 26.0 Å². The van der Waals surface area contributed by atoms with Gasteiger partial charge in [-0.05, 0) is 42.9 Å². The monoisotopic (exact) mass is 424 g/mol. The number of nitrogens with zero attached hydrogens (tertiary/aromatic N) is 2. The molecule has 2 aromatic carbocycles. The third kappa shape index (κ3) is 3.70. The highest BCUT2D eigenvalue weighted by Crippen LogP contribution is 2.38. The summed E-state index contributed by atoms with van der Waals surface area (Å²) in [6.07, 6.45) is 0. The van der Waals surface area contributed by atoms with E-state index < -0.39 is 6.04 Å². The fourth-order valence-corrected chi connectivity index (χ4v) is 4.14. The molecule has 2 heterocycles. The lowest BCUT2D eigenvalue weighted by molar-refractivity contribution is 0.0708. The van der Waals surface area contributed by atoms with Crippen molar-refractivity contribution < 1.29 is 18.3 Å². The fourth-order valence-electron chi connectivity index (χ4n) is 4.14. The van der Waals surface area contributed by atoms with Crippen LogP contribution in [0.2, 0.25) is 0 Å². The molecule has 0 aliphatic carbocycles. The maximum absolute atomic E-state index is 13.6. The first-order valence-electron chi connectivity index (χ1n) is 10.4. The van der Waals surface area contributed by atoms with E-state index in [0.29, 0.717) is 40.9 Å².